The fourth-order valence-corrected chi connectivity index (χ4v) is 1.97. The topological polar surface area (TPSA) is 44.4 Å². The van der Waals surface area contributed by atoms with Crippen LogP contribution in [0.15, 0.2) is 12.2 Å². The van der Waals surface area contributed by atoms with E-state index in [2.05, 4.69) is 17.3 Å². The Morgan fingerprint density at radius 2 is 2.40 bits per heavy atom. The summed E-state index contributed by atoms with van der Waals surface area (Å²) in [6, 6.07) is 0. The fraction of sp³-hybridized carbons (Fsp3) is 0.375. The summed E-state index contributed by atoms with van der Waals surface area (Å²) in [7, 11) is 0. The van der Waals surface area contributed by atoms with E-state index >= 15 is 0 Å². The van der Waals surface area contributed by atoms with E-state index in [4.69, 9.17) is 24.4 Å². The van der Waals surface area contributed by atoms with Crippen LogP contribution in [0.2, 0.25) is 0 Å². The Morgan fingerprint density at radius 3 is 2.87 bits per heavy atom. The van der Waals surface area contributed by atoms with Gasteiger partial charge in [-0.15, -0.1) is 0 Å². The molecule has 0 spiro atoms. The number of hydrogen-bond donors (Lipinski definition) is 2. The summed E-state index contributed by atoms with van der Waals surface area (Å²) < 4.78 is 0.500. The molecule has 0 aromatic heterocycles. The van der Waals surface area contributed by atoms with E-state index in [1.165, 1.54) is 16.8 Å². The highest BCUT2D eigenvalue weighted by atomic mass is 32.2. The summed E-state index contributed by atoms with van der Waals surface area (Å²) in [6.07, 6.45) is 0. The van der Waals surface area contributed by atoms with Crippen molar-refractivity contribution in [2.45, 2.75) is 6.92 Å². The van der Waals surface area contributed by atoms with Gasteiger partial charge < -0.3 is 5.32 Å². The number of carbonyl (C=O) groups excluding carboxylic acids is 1. The average Bonchev–Trinajstić information content (AvgIpc) is 2.46. The maximum atomic E-state index is 11.3. The van der Waals surface area contributed by atoms with Crippen LogP contribution >= 0.6 is 36.2 Å². The van der Waals surface area contributed by atoms with Gasteiger partial charge in [0.2, 0.25) is 0 Å². The summed E-state index contributed by atoms with van der Waals surface area (Å²) in [6.45, 7) is 6.19. The van der Waals surface area contributed by atoms with Crippen molar-refractivity contribution >= 4 is 51.5 Å². The molecule has 0 radical (unpaired) electrons. The van der Waals surface area contributed by atoms with Crippen LogP contribution in [0, 0.1) is 0 Å². The molecule has 0 unspecified atom stereocenters. The van der Waals surface area contributed by atoms with Crippen LogP contribution in [0.3, 0.4) is 0 Å². The number of nitrogens with zero attached hydrogens (tertiary/aromatic N) is 1. The molecule has 0 atom stereocenters. The molecular weight excluding hydrogens is 250 g/mol. The van der Waals surface area contributed by atoms with E-state index in [-0.39, 0.29) is 5.91 Å². The lowest BCUT2D eigenvalue weighted by molar-refractivity contribution is -0.125. The summed E-state index contributed by atoms with van der Waals surface area (Å²) in [4.78, 5) is 11.3. The third kappa shape index (κ3) is 3.77. The Kier molecular flexibility index (Phi) is 4.49. The quantitative estimate of drug-likeness (QED) is 0.579. The van der Waals surface area contributed by atoms with E-state index in [0.29, 0.717) is 21.7 Å². The van der Waals surface area contributed by atoms with Crippen molar-refractivity contribution in [3.63, 3.8) is 0 Å². The van der Waals surface area contributed by atoms with Gasteiger partial charge >= 0.3 is 0 Å². The Balaban J connectivity index is 2.40. The molecule has 1 rings (SSSR count). The second-order valence-corrected chi connectivity index (χ2v) is 5.05. The zero-order chi connectivity index (χ0) is 11.4. The molecule has 4 nitrogen and oxygen atoms in total. The first kappa shape index (κ1) is 12.4. The van der Waals surface area contributed by atoms with Crippen molar-refractivity contribution in [2.24, 2.45) is 0 Å². The SMILES string of the molecule is C=C(C)CNC(=S)NN1C(=O)CSC1=S. The van der Waals surface area contributed by atoms with Crippen molar-refractivity contribution < 1.29 is 4.79 Å². The summed E-state index contributed by atoms with van der Waals surface area (Å²) in [5.74, 6) is 0.291. The van der Waals surface area contributed by atoms with Crippen LogP contribution in [-0.4, -0.2) is 32.6 Å². The third-order valence-corrected chi connectivity index (χ3v) is 3.11. The second-order valence-electron chi connectivity index (χ2n) is 3.04. The van der Waals surface area contributed by atoms with Gasteiger partial charge in [0, 0.05) is 6.54 Å². The zero-order valence-electron chi connectivity index (χ0n) is 8.20. The fourth-order valence-electron chi connectivity index (χ4n) is 0.835. The van der Waals surface area contributed by atoms with Crippen molar-refractivity contribution in [3.8, 4) is 0 Å². The smallest absolute Gasteiger partial charge is 0.257 e. The minimum absolute atomic E-state index is 0.0792. The second kappa shape index (κ2) is 5.43. The van der Waals surface area contributed by atoms with Crippen molar-refractivity contribution in [3.05, 3.63) is 12.2 Å². The van der Waals surface area contributed by atoms with Crippen molar-refractivity contribution in [2.75, 3.05) is 12.3 Å². The number of hydrazine groups is 1. The monoisotopic (exact) mass is 261 g/mol. The van der Waals surface area contributed by atoms with Crippen LogP contribution < -0.4 is 10.7 Å². The molecule has 0 saturated carbocycles. The molecule has 1 saturated heterocycles. The number of hydrogen-bond acceptors (Lipinski definition) is 4. The molecule has 0 bridgehead atoms. The molecule has 15 heavy (non-hydrogen) atoms. The van der Waals surface area contributed by atoms with Gasteiger partial charge in [0.1, 0.15) is 0 Å². The minimum atomic E-state index is -0.0792. The summed E-state index contributed by atoms with van der Waals surface area (Å²) in [5.41, 5.74) is 3.70. The van der Waals surface area contributed by atoms with E-state index in [1.54, 1.807) is 0 Å². The highest BCUT2D eigenvalue weighted by Gasteiger charge is 2.27. The molecule has 1 amide bonds. The molecule has 7 heteroatoms. The molecule has 1 aliphatic rings. The standard InChI is InChI=1S/C8H11N3OS3/c1-5(2)3-9-7(13)10-11-6(12)4-15-8(11)14/h1,3-4H2,2H3,(H2,9,10,13). The zero-order valence-corrected chi connectivity index (χ0v) is 10.7. The Hall–Kier alpha value is -0.660. The highest BCUT2D eigenvalue weighted by molar-refractivity contribution is 8.23. The Labute approximate surface area is 103 Å². The normalized spacial score (nSPS) is 15.4. The van der Waals surface area contributed by atoms with Crippen LogP contribution in [0.4, 0.5) is 0 Å². The van der Waals surface area contributed by atoms with E-state index < -0.39 is 0 Å². The van der Waals surface area contributed by atoms with Gasteiger partial charge in [-0.05, 0) is 19.1 Å². The number of carbonyl (C=O) groups is 1. The molecule has 0 aliphatic carbocycles. The van der Waals surface area contributed by atoms with Gasteiger partial charge in [-0.3, -0.25) is 10.2 Å². The van der Waals surface area contributed by atoms with E-state index in [0.717, 1.165) is 5.57 Å². The van der Waals surface area contributed by atoms with Gasteiger partial charge in [0.05, 0.1) is 5.75 Å². The molecule has 1 aliphatic heterocycles. The van der Waals surface area contributed by atoms with Crippen molar-refractivity contribution in [1.82, 2.24) is 15.8 Å². The molecule has 0 aromatic rings. The van der Waals surface area contributed by atoms with Crippen LogP contribution in [0.25, 0.3) is 0 Å². The maximum absolute atomic E-state index is 11.3. The average molecular weight is 261 g/mol. The predicted octanol–water partition coefficient (Wildman–Crippen LogP) is 0.802. The van der Waals surface area contributed by atoms with Gasteiger partial charge in [0.25, 0.3) is 5.91 Å². The first-order chi connectivity index (χ1) is 7.00. The Bertz CT molecular complexity index is 313. The first-order valence-electron chi connectivity index (χ1n) is 4.19. The van der Waals surface area contributed by atoms with Crippen molar-refractivity contribution in [1.29, 1.82) is 0 Å². The van der Waals surface area contributed by atoms with E-state index in [1.807, 2.05) is 6.92 Å². The third-order valence-electron chi connectivity index (χ3n) is 1.52. The number of rotatable bonds is 3. The Morgan fingerprint density at radius 1 is 1.73 bits per heavy atom. The summed E-state index contributed by atoms with van der Waals surface area (Å²) >= 11 is 11.3. The van der Waals surface area contributed by atoms with Crippen LogP contribution in [-0.2, 0) is 4.79 Å². The lowest BCUT2D eigenvalue weighted by Gasteiger charge is -2.18. The first-order valence-corrected chi connectivity index (χ1v) is 5.99. The largest absolute Gasteiger partial charge is 0.358 e. The van der Waals surface area contributed by atoms with Gasteiger partial charge in [-0.1, -0.05) is 36.1 Å². The van der Waals surface area contributed by atoms with Gasteiger partial charge in [0.15, 0.2) is 9.43 Å². The predicted molar refractivity (Wildman–Crippen MR) is 70.5 cm³/mol. The number of amides is 1. The highest BCUT2D eigenvalue weighted by Crippen LogP contribution is 2.16. The van der Waals surface area contributed by atoms with Gasteiger partial charge in [-0.25, -0.2) is 5.01 Å². The summed E-state index contributed by atoms with van der Waals surface area (Å²) in [5, 5.41) is 4.57. The van der Waals surface area contributed by atoms with E-state index in [9.17, 15) is 4.79 Å². The number of thioether (sulfide) groups is 1. The molecule has 82 valence electrons. The maximum Gasteiger partial charge on any atom is 0.257 e. The molecule has 1 fully saturated rings. The molecule has 1 heterocycles. The lowest BCUT2D eigenvalue weighted by Crippen LogP contribution is -2.49. The molecule has 0 aromatic carbocycles. The van der Waals surface area contributed by atoms with Gasteiger partial charge in [-0.2, -0.15) is 0 Å². The van der Waals surface area contributed by atoms with Crippen LogP contribution in [0.1, 0.15) is 6.92 Å². The lowest BCUT2D eigenvalue weighted by atomic mass is 10.4. The molecule has 2 N–H and O–H groups in total. The van der Waals surface area contributed by atoms with Crippen LogP contribution in [0.5, 0.6) is 0 Å². The minimum Gasteiger partial charge on any atom is -0.358 e. The number of thiocarbonyl (C=S) groups is 2. The molecular formula is C8H11N3OS3. The number of nitrogens with one attached hydrogen (secondary N) is 2.